The van der Waals surface area contributed by atoms with Gasteiger partial charge in [-0.25, -0.2) is 9.97 Å². The number of aryl methyl sites for hydroxylation is 1. The summed E-state index contributed by atoms with van der Waals surface area (Å²) in [5, 5.41) is 2.31. The van der Waals surface area contributed by atoms with E-state index in [1.165, 1.54) is 21.4 Å². The van der Waals surface area contributed by atoms with Crippen molar-refractivity contribution in [1.29, 1.82) is 0 Å². The second-order valence-corrected chi connectivity index (χ2v) is 11.7. The highest BCUT2D eigenvalue weighted by Gasteiger charge is 2.31. The Morgan fingerprint density at radius 2 is 1.86 bits per heavy atom. The average molecular weight is 505 g/mol. The van der Waals surface area contributed by atoms with Gasteiger partial charge in [-0.1, -0.05) is 43.7 Å². The van der Waals surface area contributed by atoms with Crippen LogP contribution in [0.5, 0.6) is 5.75 Å². The Hall–Kier alpha value is -2.41. The maximum atomic E-state index is 6.11. The number of hydrogen-bond donors (Lipinski definition) is 0. The lowest BCUT2D eigenvalue weighted by atomic mass is 9.94. The van der Waals surface area contributed by atoms with Gasteiger partial charge in [-0.2, -0.15) is 0 Å². The third-order valence-corrected chi connectivity index (χ3v) is 8.33. The molecule has 0 saturated carbocycles. The van der Waals surface area contributed by atoms with Crippen LogP contribution in [0.1, 0.15) is 49.6 Å². The summed E-state index contributed by atoms with van der Waals surface area (Å²) in [6.07, 6.45) is 4.09. The molecule has 0 amide bonds. The lowest BCUT2D eigenvalue weighted by Gasteiger charge is -2.30. The topological polar surface area (TPSA) is 44.2 Å². The molecule has 0 aliphatic carbocycles. The van der Waals surface area contributed by atoms with Gasteiger partial charge in [0, 0.05) is 28.0 Å². The van der Waals surface area contributed by atoms with Crippen LogP contribution >= 0.6 is 23.1 Å². The quantitative estimate of drug-likeness (QED) is 0.133. The highest BCUT2D eigenvalue weighted by atomic mass is 32.2. The Balaban J connectivity index is 1.47. The Morgan fingerprint density at radius 1 is 1.06 bits per heavy atom. The van der Waals surface area contributed by atoms with Crippen molar-refractivity contribution in [2.24, 2.45) is 0 Å². The normalized spacial score (nSPS) is 14.7. The predicted octanol–water partition coefficient (Wildman–Crippen LogP) is 7.72. The molecule has 2 aromatic heterocycles. The Morgan fingerprint density at radius 3 is 2.63 bits per heavy atom. The summed E-state index contributed by atoms with van der Waals surface area (Å²) in [4.78, 5) is 12.5. The van der Waals surface area contributed by atoms with Gasteiger partial charge < -0.3 is 9.47 Å². The Bertz CT molecular complexity index is 1280. The van der Waals surface area contributed by atoms with E-state index < -0.39 is 0 Å². The number of fused-ring (bicyclic) bond motifs is 3. The standard InChI is InChI=1S/C29H32N2O2S2/c1-4-5-16-32-22-13-11-21(12-14-22)26-30-27(34-17-15-20-9-7-6-8-10-20)25-23-18-29(2,3)33-19-24(23)35-28(25)31-26/h6-14H,4-5,15-19H2,1-3H3. The smallest absolute Gasteiger partial charge is 0.162 e. The lowest BCUT2D eigenvalue weighted by molar-refractivity contribution is -0.0379. The molecule has 0 fully saturated rings. The third-order valence-electron chi connectivity index (χ3n) is 6.25. The number of aromatic nitrogens is 2. The van der Waals surface area contributed by atoms with Gasteiger partial charge in [-0.15, -0.1) is 23.1 Å². The molecular formula is C29H32N2O2S2. The first kappa shape index (κ1) is 24.3. The molecule has 1 aliphatic heterocycles. The number of thioether (sulfide) groups is 1. The maximum Gasteiger partial charge on any atom is 0.162 e. The van der Waals surface area contributed by atoms with Crippen molar-refractivity contribution in [1.82, 2.24) is 9.97 Å². The summed E-state index contributed by atoms with van der Waals surface area (Å²) in [6.45, 7) is 7.91. The molecule has 1 aliphatic rings. The molecule has 0 spiro atoms. The average Bonchev–Trinajstić information content (AvgIpc) is 3.22. The highest BCUT2D eigenvalue weighted by Crippen LogP contribution is 2.42. The molecule has 4 aromatic rings. The SMILES string of the molecule is CCCCOc1ccc(-c2nc(SCCc3ccccc3)c3c4c(sc3n2)COC(C)(C)C4)cc1. The van der Waals surface area contributed by atoms with Gasteiger partial charge in [0.05, 0.1) is 18.8 Å². The fourth-order valence-corrected chi connectivity index (χ4v) is 6.50. The molecule has 182 valence electrons. The zero-order valence-corrected chi connectivity index (χ0v) is 22.3. The van der Waals surface area contributed by atoms with Crippen molar-refractivity contribution in [2.45, 2.75) is 63.7 Å². The van der Waals surface area contributed by atoms with E-state index in [1.54, 1.807) is 11.3 Å². The molecule has 0 N–H and O–H groups in total. The number of hydrogen-bond acceptors (Lipinski definition) is 6. The summed E-state index contributed by atoms with van der Waals surface area (Å²) < 4.78 is 12.0. The first-order valence-corrected chi connectivity index (χ1v) is 14.2. The number of unbranched alkanes of at least 4 members (excludes halogenated alkanes) is 1. The number of ether oxygens (including phenoxy) is 2. The first-order chi connectivity index (χ1) is 17.0. The fourth-order valence-electron chi connectivity index (χ4n) is 4.29. The van der Waals surface area contributed by atoms with E-state index in [-0.39, 0.29) is 5.60 Å². The van der Waals surface area contributed by atoms with Crippen LogP contribution in [0.4, 0.5) is 0 Å². The van der Waals surface area contributed by atoms with Crippen molar-refractivity contribution in [3.05, 3.63) is 70.6 Å². The van der Waals surface area contributed by atoms with Crippen LogP contribution in [0.2, 0.25) is 0 Å². The van der Waals surface area contributed by atoms with E-state index in [0.717, 1.165) is 65.0 Å². The zero-order chi connectivity index (χ0) is 24.3. The molecule has 35 heavy (non-hydrogen) atoms. The van der Waals surface area contributed by atoms with E-state index in [9.17, 15) is 0 Å². The highest BCUT2D eigenvalue weighted by molar-refractivity contribution is 7.99. The minimum atomic E-state index is -0.167. The number of benzene rings is 2. The van der Waals surface area contributed by atoms with Gasteiger partial charge >= 0.3 is 0 Å². The maximum absolute atomic E-state index is 6.11. The van der Waals surface area contributed by atoms with Crippen LogP contribution in [0.15, 0.2) is 59.6 Å². The van der Waals surface area contributed by atoms with Gasteiger partial charge in [0.2, 0.25) is 0 Å². The summed E-state index contributed by atoms with van der Waals surface area (Å²) in [5.41, 5.74) is 3.57. The van der Waals surface area contributed by atoms with Gasteiger partial charge in [-0.3, -0.25) is 0 Å². The molecule has 0 atom stereocenters. The Kier molecular flexibility index (Phi) is 7.42. The van der Waals surface area contributed by atoms with Crippen molar-refractivity contribution < 1.29 is 9.47 Å². The fraction of sp³-hybridized carbons (Fsp3) is 0.379. The van der Waals surface area contributed by atoms with Crippen molar-refractivity contribution in [2.75, 3.05) is 12.4 Å². The molecule has 5 rings (SSSR count). The van der Waals surface area contributed by atoms with Crippen LogP contribution in [0, 0.1) is 0 Å². The van der Waals surface area contributed by atoms with Crippen LogP contribution in [0.25, 0.3) is 21.6 Å². The molecule has 2 aromatic carbocycles. The molecule has 0 radical (unpaired) electrons. The molecule has 0 unspecified atom stereocenters. The van der Waals surface area contributed by atoms with E-state index in [2.05, 4.69) is 63.2 Å². The van der Waals surface area contributed by atoms with E-state index in [1.807, 2.05) is 23.9 Å². The molecule has 0 saturated heterocycles. The van der Waals surface area contributed by atoms with E-state index in [4.69, 9.17) is 19.4 Å². The van der Waals surface area contributed by atoms with Crippen molar-refractivity contribution in [3.63, 3.8) is 0 Å². The van der Waals surface area contributed by atoms with Crippen LogP contribution in [-0.4, -0.2) is 27.9 Å². The summed E-state index contributed by atoms with van der Waals surface area (Å²) in [7, 11) is 0. The van der Waals surface area contributed by atoms with Crippen LogP contribution < -0.4 is 4.74 Å². The van der Waals surface area contributed by atoms with Crippen LogP contribution in [0.3, 0.4) is 0 Å². The van der Waals surface area contributed by atoms with E-state index in [0.29, 0.717) is 6.61 Å². The first-order valence-electron chi connectivity index (χ1n) is 12.4. The monoisotopic (exact) mass is 504 g/mol. The Labute approximate surface area is 216 Å². The van der Waals surface area contributed by atoms with Gasteiger partial charge in [0.25, 0.3) is 0 Å². The van der Waals surface area contributed by atoms with Crippen molar-refractivity contribution >= 4 is 33.3 Å². The molecule has 4 nitrogen and oxygen atoms in total. The summed E-state index contributed by atoms with van der Waals surface area (Å²) in [5.74, 6) is 2.65. The van der Waals surface area contributed by atoms with Gasteiger partial charge in [0.15, 0.2) is 5.82 Å². The minimum Gasteiger partial charge on any atom is -0.494 e. The number of rotatable bonds is 9. The largest absolute Gasteiger partial charge is 0.494 e. The van der Waals surface area contributed by atoms with Gasteiger partial charge in [0.1, 0.15) is 15.6 Å². The minimum absolute atomic E-state index is 0.167. The molecular weight excluding hydrogens is 472 g/mol. The van der Waals surface area contributed by atoms with Crippen molar-refractivity contribution in [3.8, 4) is 17.1 Å². The summed E-state index contributed by atoms with van der Waals surface area (Å²) in [6, 6.07) is 18.9. The molecule has 0 bridgehead atoms. The van der Waals surface area contributed by atoms with E-state index >= 15 is 0 Å². The zero-order valence-electron chi connectivity index (χ0n) is 20.7. The second kappa shape index (κ2) is 10.7. The summed E-state index contributed by atoms with van der Waals surface area (Å²) >= 11 is 3.59. The number of thiophene rings is 1. The predicted molar refractivity (Wildman–Crippen MR) is 147 cm³/mol. The lowest BCUT2D eigenvalue weighted by Crippen LogP contribution is -2.31. The van der Waals surface area contributed by atoms with Crippen LogP contribution in [-0.2, 0) is 24.2 Å². The second-order valence-electron chi connectivity index (χ2n) is 9.57. The number of nitrogens with zero attached hydrogens (tertiary/aromatic N) is 2. The molecule has 3 heterocycles. The third kappa shape index (κ3) is 5.71. The van der Waals surface area contributed by atoms with Gasteiger partial charge in [-0.05, 0) is 62.1 Å². The molecule has 6 heteroatoms.